The maximum Gasteiger partial charge on any atom is 0.191 e. The average molecular weight is 366 g/mol. The van der Waals surface area contributed by atoms with Crippen molar-refractivity contribution >= 4 is 28.9 Å². The molecular weight excluding hydrogens is 346 g/mol. The zero-order chi connectivity index (χ0) is 16.8. The minimum atomic E-state index is 0.510. The summed E-state index contributed by atoms with van der Waals surface area (Å²) < 4.78 is 11.1. The lowest BCUT2D eigenvalue weighted by atomic mass is 10.2. The minimum Gasteiger partial charge on any atom is -0.486 e. The minimum absolute atomic E-state index is 0.510. The first-order valence-corrected chi connectivity index (χ1v) is 9.14. The number of hydrogen-bond donors (Lipinski definition) is 2. The van der Waals surface area contributed by atoms with E-state index < -0.39 is 0 Å². The molecule has 0 radical (unpaired) electrons. The van der Waals surface area contributed by atoms with Crippen LogP contribution in [0.4, 0.5) is 0 Å². The number of hydrogen-bond acceptors (Lipinski definition) is 4. The van der Waals surface area contributed by atoms with E-state index in [-0.39, 0.29) is 0 Å². The molecule has 0 fully saturated rings. The Morgan fingerprint density at radius 2 is 2.17 bits per heavy atom. The van der Waals surface area contributed by atoms with Gasteiger partial charge in [0, 0.05) is 11.4 Å². The quantitative estimate of drug-likeness (QED) is 0.629. The van der Waals surface area contributed by atoms with E-state index in [9.17, 15) is 0 Å². The smallest absolute Gasteiger partial charge is 0.191 e. The highest BCUT2D eigenvalue weighted by Crippen LogP contribution is 2.38. The molecule has 1 aliphatic rings. The SMILES string of the molecule is CCNC(=NCc1cc(Cl)c2c(c1)OCCO2)NCc1cccs1. The summed E-state index contributed by atoms with van der Waals surface area (Å²) in [4.78, 5) is 5.88. The Bertz CT molecular complexity index is 704. The summed E-state index contributed by atoms with van der Waals surface area (Å²) in [7, 11) is 0. The summed E-state index contributed by atoms with van der Waals surface area (Å²) in [6.45, 7) is 5.19. The monoisotopic (exact) mass is 365 g/mol. The van der Waals surface area contributed by atoms with Crippen molar-refractivity contribution in [2.75, 3.05) is 19.8 Å². The third-order valence-corrected chi connectivity index (χ3v) is 4.59. The molecule has 1 aromatic heterocycles. The number of nitrogens with zero attached hydrogens (tertiary/aromatic N) is 1. The van der Waals surface area contributed by atoms with Gasteiger partial charge in [-0.05, 0) is 36.1 Å². The number of ether oxygens (including phenoxy) is 2. The van der Waals surface area contributed by atoms with Crippen LogP contribution in [0.15, 0.2) is 34.6 Å². The van der Waals surface area contributed by atoms with Gasteiger partial charge in [0.05, 0.1) is 18.1 Å². The van der Waals surface area contributed by atoms with Gasteiger partial charge in [0.1, 0.15) is 13.2 Å². The van der Waals surface area contributed by atoms with Crippen LogP contribution in [0, 0.1) is 0 Å². The Kier molecular flexibility index (Phi) is 5.82. The molecule has 0 saturated heterocycles. The number of thiophene rings is 1. The molecule has 1 aliphatic heterocycles. The van der Waals surface area contributed by atoms with Gasteiger partial charge in [-0.2, -0.15) is 0 Å². The molecular formula is C17H20ClN3O2S. The normalized spacial score (nSPS) is 13.7. The molecule has 2 aromatic rings. The molecule has 2 N–H and O–H groups in total. The van der Waals surface area contributed by atoms with E-state index in [0.29, 0.717) is 36.3 Å². The molecule has 128 valence electrons. The molecule has 0 spiro atoms. The van der Waals surface area contributed by atoms with Crippen molar-refractivity contribution < 1.29 is 9.47 Å². The lowest BCUT2D eigenvalue weighted by molar-refractivity contribution is 0.171. The van der Waals surface area contributed by atoms with Crippen LogP contribution in [0.2, 0.25) is 5.02 Å². The maximum absolute atomic E-state index is 6.27. The Labute approximate surface area is 150 Å². The van der Waals surface area contributed by atoms with E-state index in [1.165, 1.54) is 4.88 Å². The van der Waals surface area contributed by atoms with Gasteiger partial charge in [-0.3, -0.25) is 0 Å². The lowest BCUT2D eigenvalue weighted by Crippen LogP contribution is -2.36. The van der Waals surface area contributed by atoms with Crippen LogP contribution in [-0.2, 0) is 13.1 Å². The van der Waals surface area contributed by atoms with Crippen LogP contribution in [0.3, 0.4) is 0 Å². The number of rotatable bonds is 5. The molecule has 0 atom stereocenters. The summed E-state index contributed by atoms with van der Waals surface area (Å²) in [6, 6.07) is 7.96. The lowest BCUT2D eigenvalue weighted by Gasteiger charge is -2.20. The van der Waals surface area contributed by atoms with E-state index in [0.717, 1.165) is 24.6 Å². The largest absolute Gasteiger partial charge is 0.486 e. The summed E-state index contributed by atoms with van der Waals surface area (Å²) in [5.41, 5.74) is 0.984. The Morgan fingerprint density at radius 1 is 1.29 bits per heavy atom. The topological polar surface area (TPSA) is 54.9 Å². The Balaban J connectivity index is 1.68. The highest BCUT2D eigenvalue weighted by molar-refractivity contribution is 7.09. The zero-order valence-corrected chi connectivity index (χ0v) is 15.0. The average Bonchev–Trinajstić information content (AvgIpc) is 3.11. The van der Waals surface area contributed by atoms with Gasteiger partial charge >= 0.3 is 0 Å². The van der Waals surface area contributed by atoms with E-state index in [1.54, 1.807) is 11.3 Å². The standard InChI is InChI=1S/C17H20ClN3O2S/c1-2-19-17(21-11-13-4-3-7-24-13)20-10-12-8-14(18)16-15(9-12)22-5-6-23-16/h3-4,7-9H,2,5-6,10-11H2,1H3,(H2,19,20,21). The number of aliphatic imine (C=N–C) groups is 1. The van der Waals surface area contributed by atoms with Crippen molar-refractivity contribution in [2.24, 2.45) is 4.99 Å². The number of benzene rings is 1. The molecule has 3 rings (SSSR count). The number of nitrogens with one attached hydrogen (secondary N) is 2. The summed E-state index contributed by atoms with van der Waals surface area (Å²) in [5, 5.41) is 9.21. The van der Waals surface area contributed by atoms with E-state index in [4.69, 9.17) is 21.1 Å². The number of guanidine groups is 1. The second-order valence-corrected chi connectivity index (χ2v) is 6.67. The van der Waals surface area contributed by atoms with Crippen molar-refractivity contribution in [3.63, 3.8) is 0 Å². The number of halogens is 1. The molecule has 0 amide bonds. The predicted octanol–water partition coefficient (Wildman–Crippen LogP) is 3.43. The van der Waals surface area contributed by atoms with Crippen molar-refractivity contribution in [2.45, 2.75) is 20.0 Å². The van der Waals surface area contributed by atoms with Gasteiger partial charge in [-0.25, -0.2) is 4.99 Å². The van der Waals surface area contributed by atoms with Crippen LogP contribution >= 0.6 is 22.9 Å². The van der Waals surface area contributed by atoms with Crippen molar-refractivity contribution in [1.82, 2.24) is 10.6 Å². The van der Waals surface area contributed by atoms with E-state index in [1.807, 2.05) is 25.1 Å². The fraction of sp³-hybridized carbons (Fsp3) is 0.353. The fourth-order valence-corrected chi connectivity index (χ4v) is 3.28. The highest BCUT2D eigenvalue weighted by atomic mass is 35.5. The van der Waals surface area contributed by atoms with Crippen molar-refractivity contribution in [1.29, 1.82) is 0 Å². The molecule has 0 saturated carbocycles. The van der Waals surface area contributed by atoms with Crippen LogP contribution in [0.25, 0.3) is 0 Å². The van der Waals surface area contributed by atoms with E-state index in [2.05, 4.69) is 27.1 Å². The van der Waals surface area contributed by atoms with Crippen LogP contribution in [0.1, 0.15) is 17.4 Å². The predicted molar refractivity (Wildman–Crippen MR) is 98.4 cm³/mol. The highest BCUT2D eigenvalue weighted by Gasteiger charge is 2.16. The number of fused-ring (bicyclic) bond motifs is 1. The summed E-state index contributed by atoms with van der Waals surface area (Å²) >= 11 is 7.99. The first kappa shape index (κ1) is 16.9. The first-order valence-electron chi connectivity index (χ1n) is 7.89. The first-order chi connectivity index (χ1) is 11.8. The van der Waals surface area contributed by atoms with Crippen LogP contribution < -0.4 is 20.1 Å². The molecule has 24 heavy (non-hydrogen) atoms. The molecule has 0 aliphatic carbocycles. The van der Waals surface area contributed by atoms with Gasteiger partial charge in [-0.1, -0.05) is 17.7 Å². The third kappa shape index (κ3) is 4.33. The van der Waals surface area contributed by atoms with Crippen LogP contribution in [-0.4, -0.2) is 25.7 Å². The molecule has 0 bridgehead atoms. The summed E-state index contributed by atoms with van der Waals surface area (Å²) in [6.07, 6.45) is 0. The van der Waals surface area contributed by atoms with Crippen LogP contribution in [0.5, 0.6) is 11.5 Å². The molecule has 0 unspecified atom stereocenters. The maximum atomic E-state index is 6.27. The Hall–Kier alpha value is -1.92. The van der Waals surface area contributed by atoms with E-state index >= 15 is 0 Å². The molecule has 1 aromatic carbocycles. The van der Waals surface area contributed by atoms with Crippen molar-refractivity contribution in [3.8, 4) is 11.5 Å². The second-order valence-electron chi connectivity index (χ2n) is 5.23. The molecule has 5 nitrogen and oxygen atoms in total. The van der Waals surface area contributed by atoms with Gasteiger partial charge < -0.3 is 20.1 Å². The van der Waals surface area contributed by atoms with Gasteiger partial charge in [0.25, 0.3) is 0 Å². The van der Waals surface area contributed by atoms with Crippen molar-refractivity contribution in [3.05, 3.63) is 45.1 Å². The fourth-order valence-electron chi connectivity index (χ4n) is 2.35. The molecule has 2 heterocycles. The van der Waals surface area contributed by atoms with Gasteiger partial charge in [-0.15, -0.1) is 11.3 Å². The molecule has 7 heteroatoms. The zero-order valence-electron chi connectivity index (χ0n) is 13.5. The third-order valence-electron chi connectivity index (χ3n) is 3.43. The second kappa shape index (κ2) is 8.26. The van der Waals surface area contributed by atoms with Gasteiger partial charge in [0.15, 0.2) is 17.5 Å². The van der Waals surface area contributed by atoms with Gasteiger partial charge in [0.2, 0.25) is 0 Å². The summed E-state index contributed by atoms with van der Waals surface area (Å²) in [5.74, 6) is 2.09. The Morgan fingerprint density at radius 3 is 2.96 bits per heavy atom.